The van der Waals surface area contributed by atoms with Gasteiger partial charge in [-0.15, -0.1) is 11.3 Å². The van der Waals surface area contributed by atoms with E-state index in [0.29, 0.717) is 12.0 Å². The lowest BCUT2D eigenvalue weighted by atomic mass is 9.79. The van der Waals surface area contributed by atoms with Crippen LogP contribution in [0.5, 0.6) is 0 Å². The maximum absolute atomic E-state index is 5.81. The van der Waals surface area contributed by atoms with Gasteiger partial charge in [0.05, 0.1) is 5.01 Å². The van der Waals surface area contributed by atoms with Crippen LogP contribution in [-0.2, 0) is 19.3 Å². The summed E-state index contributed by atoms with van der Waals surface area (Å²) in [4.78, 5) is 4.56. The van der Waals surface area contributed by atoms with Gasteiger partial charge >= 0.3 is 0 Å². The zero-order valence-corrected chi connectivity index (χ0v) is 12.6. The molecule has 1 aliphatic rings. The van der Waals surface area contributed by atoms with Crippen LogP contribution < -0.4 is 11.3 Å². The van der Waals surface area contributed by atoms with Crippen molar-refractivity contribution in [2.45, 2.75) is 38.6 Å². The molecular formula is C16H21N3S. The molecule has 1 aromatic heterocycles. The molecule has 0 amide bonds. The maximum atomic E-state index is 5.81. The lowest BCUT2D eigenvalue weighted by Crippen LogP contribution is -2.44. The zero-order chi connectivity index (χ0) is 13.9. The minimum absolute atomic E-state index is 0.314. The summed E-state index contributed by atoms with van der Waals surface area (Å²) < 4.78 is 0. The van der Waals surface area contributed by atoms with E-state index in [1.807, 2.05) is 6.92 Å². The Balaban J connectivity index is 1.71. The SMILES string of the molecule is Cc1csc(CC(NN)C2CCc3ccccc3C2)n1. The number of hydrogen-bond acceptors (Lipinski definition) is 4. The van der Waals surface area contributed by atoms with E-state index < -0.39 is 0 Å². The van der Waals surface area contributed by atoms with Crippen molar-refractivity contribution in [3.63, 3.8) is 0 Å². The number of nitrogens with zero attached hydrogens (tertiary/aromatic N) is 1. The van der Waals surface area contributed by atoms with Gasteiger partial charge in [-0.1, -0.05) is 24.3 Å². The minimum Gasteiger partial charge on any atom is -0.271 e. The molecule has 2 atom stereocenters. The summed E-state index contributed by atoms with van der Waals surface area (Å²) in [6, 6.07) is 9.09. The van der Waals surface area contributed by atoms with Gasteiger partial charge in [0, 0.05) is 23.5 Å². The Morgan fingerprint density at radius 1 is 1.40 bits per heavy atom. The molecule has 0 saturated heterocycles. The molecule has 1 aliphatic carbocycles. The largest absolute Gasteiger partial charge is 0.271 e. The van der Waals surface area contributed by atoms with Crippen LogP contribution in [-0.4, -0.2) is 11.0 Å². The molecule has 0 saturated carbocycles. The fourth-order valence-electron chi connectivity index (χ4n) is 3.12. The number of benzene rings is 1. The van der Waals surface area contributed by atoms with E-state index in [0.717, 1.165) is 25.0 Å². The topological polar surface area (TPSA) is 50.9 Å². The number of nitrogens with one attached hydrogen (secondary N) is 1. The van der Waals surface area contributed by atoms with Gasteiger partial charge in [-0.2, -0.15) is 0 Å². The van der Waals surface area contributed by atoms with E-state index in [2.05, 4.69) is 40.1 Å². The Hall–Kier alpha value is -1.23. The van der Waals surface area contributed by atoms with Crippen LogP contribution in [0.15, 0.2) is 29.6 Å². The molecule has 0 fully saturated rings. The third kappa shape index (κ3) is 2.92. The standard InChI is InChI=1S/C16H21N3S/c1-11-10-20-16(18-11)9-15(19-17)14-7-6-12-4-2-3-5-13(12)8-14/h2-5,10,14-15,19H,6-9,17H2,1H3. The Kier molecular flexibility index (Phi) is 4.15. The summed E-state index contributed by atoms with van der Waals surface area (Å²) in [6.07, 6.45) is 4.42. The molecule has 2 aromatic rings. The van der Waals surface area contributed by atoms with Crippen molar-refractivity contribution in [3.8, 4) is 0 Å². The lowest BCUT2D eigenvalue weighted by molar-refractivity contribution is 0.320. The van der Waals surface area contributed by atoms with E-state index >= 15 is 0 Å². The number of aryl methyl sites for hydroxylation is 2. The van der Waals surface area contributed by atoms with E-state index in [9.17, 15) is 0 Å². The summed E-state index contributed by atoms with van der Waals surface area (Å²) in [7, 11) is 0. The lowest BCUT2D eigenvalue weighted by Gasteiger charge is -2.30. The molecular weight excluding hydrogens is 266 g/mol. The first kappa shape index (κ1) is 13.7. The highest BCUT2D eigenvalue weighted by Crippen LogP contribution is 2.28. The molecule has 3 nitrogen and oxygen atoms in total. The summed E-state index contributed by atoms with van der Waals surface area (Å²) in [5.41, 5.74) is 7.12. The predicted molar refractivity (Wildman–Crippen MR) is 83.6 cm³/mol. The highest BCUT2D eigenvalue weighted by atomic mass is 32.1. The first-order chi connectivity index (χ1) is 9.76. The number of hydrogen-bond donors (Lipinski definition) is 2. The van der Waals surface area contributed by atoms with E-state index in [-0.39, 0.29) is 0 Å². The molecule has 3 rings (SSSR count). The molecule has 106 valence electrons. The summed E-state index contributed by atoms with van der Waals surface area (Å²) >= 11 is 1.74. The Bertz CT molecular complexity index is 579. The summed E-state index contributed by atoms with van der Waals surface area (Å²) in [5, 5.41) is 3.29. The van der Waals surface area contributed by atoms with Crippen LogP contribution in [0, 0.1) is 12.8 Å². The van der Waals surface area contributed by atoms with Crippen molar-refractivity contribution in [2.24, 2.45) is 11.8 Å². The second kappa shape index (κ2) is 6.04. The van der Waals surface area contributed by atoms with Crippen LogP contribution in [0.1, 0.15) is 28.2 Å². The van der Waals surface area contributed by atoms with Gasteiger partial charge in [0.25, 0.3) is 0 Å². The molecule has 4 heteroatoms. The van der Waals surface area contributed by atoms with Crippen molar-refractivity contribution < 1.29 is 0 Å². The van der Waals surface area contributed by atoms with Crippen molar-refractivity contribution in [3.05, 3.63) is 51.5 Å². The zero-order valence-electron chi connectivity index (χ0n) is 11.8. The van der Waals surface area contributed by atoms with E-state index in [4.69, 9.17) is 5.84 Å². The highest BCUT2D eigenvalue weighted by molar-refractivity contribution is 7.09. The predicted octanol–water partition coefficient (Wildman–Crippen LogP) is 2.63. The minimum atomic E-state index is 0.314. The molecule has 2 unspecified atom stereocenters. The molecule has 0 radical (unpaired) electrons. The third-order valence-electron chi connectivity index (χ3n) is 4.23. The molecule has 0 aliphatic heterocycles. The third-order valence-corrected chi connectivity index (χ3v) is 5.22. The molecule has 0 bridgehead atoms. The molecule has 0 spiro atoms. The number of rotatable bonds is 4. The van der Waals surface area contributed by atoms with Gasteiger partial charge in [-0.25, -0.2) is 4.98 Å². The number of hydrazine groups is 1. The first-order valence-electron chi connectivity index (χ1n) is 7.20. The van der Waals surface area contributed by atoms with Gasteiger partial charge in [-0.05, 0) is 43.2 Å². The smallest absolute Gasteiger partial charge is 0.0944 e. The molecule has 20 heavy (non-hydrogen) atoms. The molecule has 1 aromatic carbocycles. The average Bonchev–Trinajstić information content (AvgIpc) is 2.89. The number of fused-ring (bicyclic) bond motifs is 1. The van der Waals surface area contributed by atoms with Gasteiger partial charge in [0.2, 0.25) is 0 Å². The number of thiazole rings is 1. The van der Waals surface area contributed by atoms with Gasteiger partial charge in [0.1, 0.15) is 0 Å². The quantitative estimate of drug-likeness (QED) is 0.671. The monoisotopic (exact) mass is 287 g/mol. The van der Waals surface area contributed by atoms with Gasteiger partial charge in [-0.3, -0.25) is 11.3 Å². The van der Waals surface area contributed by atoms with Crippen LogP contribution in [0.25, 0.3) is 0 Å². The van der Waals surface area contributed by atoms with Crippen molar-refractivity contribution in [2.75, 3.05) is 0 Å². The highest BCUT2D eigenvalue weighted by Gasteiger charge is 2.26. The normalized spacial score (nSPS) is 19.6. The Morgan fingerprint density at radius 2 is 2.20 bits per heavy atom. The van der Waals surface area contributed by atoms with E-state index in [1.54, 1.807) is 11.3 Å². The second-order valence-corrected chi connectivity index (χ2v) is 6.57. The van der Waals surface area contributed by atoms with Crippen LogP contribution >= 0.6 is 11.3 Å². The van der Waals surface area contributed by atoms with E-state index in [1.165, 1.54) is 22.6 Å². The Morgan fingerprint density at radius 3 is 2.90 bits per heavy atom. The molecule has 1 heterocycles. The Labute approximate surface area is 124 Å². The first-order valence-corrected chi connectivity index (χ1v) is 8.08. The van der Waals surface area contributed by atoms with Gasteiger partial charge < -0.3 is 0 Å². The number of aromatic nitrogens is 1. The summed E-state index contributed by atoms with van der Waals surface area (Å²) in [5.74, 6) is 6.40. The van der Waals surface area contributed by atoms with Crippen LogP contribution in [0.4, 0.5) is 0 Å². The fourth-order valence-corrected chi connectivity index (χ4v) is 3.95. The maximum Gasteiger partial charge on any atom is 0.0944 e. The van der Waals surface area contributed by atoms with Gasteiger partial charge in [0.15, 0.2) is 0 Å². The molecule has 3 N–H and O–H groups in total. The number of nitrogens with two attached hydrogens (primary N) is 1. The van der Waals surface area contributed by atoms with Crippen LogP contribution in [0.3, 0.4) is 0 Å². The fraction of sp³-hybridized carbons (Fsp3) is 0.438. The van der Waals surface area contributed by atoms with Crippen molar-refractivity contribution in [1.82, 2.24) is 10.4 Å². The summed E-state index contributed by atoms with van der Waals surface area (Å²) in [6.45, 7) is 2.04. The second-order valence-electron chi connectivity index (χ2n) is 5.63. The average molecular weight is 287 g/mol. The van der Waals surface area contributed by atoms with Crippen molar-refractivity contribution >= 4 is 11.3 Å². The van der Waals surface area contributed by atoms with Crippen molar-refractivity contribution in [1.29, 1.82) is 0 Å². The van der Waals surface area contributed by atoms with Crippen LogP contribution in [0.2, 0.25) is 0 Å².